The first-order valence-electron chi connectivity index (χ1n) is 11.3. The predicted octanol–water partition coefficient (Wildman–Crippen LogP) is 2.46. The zero-order chi connectivity index (χ0) is 25.7. The van der Waals surface area contributed by atoms with E-state index in [0.29, 0.717) is 39.2 Å². The van der Waals surface area contributed by atoms with Gasteiger partial charge in [0.2, 0.25) is 0 Å². The molecule has 5 heterocycles. The number of aromatic nitrogens is 2. The number of imide groups is 1. The molecule has 4 aromatic rings. The van der Waals surface area contributed by atoms with Gasteiger partial charge in [-0.1, -0.05) is 6.07 Å². The molecule has 0 bridgehead atoms. The van der Waals surface area contributed by atoms with Crippen LogP contribution in [0.1, 0.15) is 27.2 Å². The SMILES string of the molecule is COc1ccc2c(c1)C(=O)N(CC1(c3cc4nc(-c5cncc(C#N)c5)ccc4o3)NC(=O)NC1=O)C2. The lowest BCUT2D eigenvalue weighted by Crippen LogP contribution is -2.52. The number of carbonyl (C=O) groups is 3. The summed E-state index contributed by atoms with van der Waals surface area (Å²) < 4.78 is 11.2. The minimum Gasteiger partial charge on any atom is -0.497 e. The zero-order valence-electron chi connectivity index (χ0n) is 19.4. The maximum atomic E-state index is 13.2. The third-order valence-corrected chi connectivity index (χ3v) is 6.52. The van der Waals surface area contributed by atoms with Gasteiger partial charge in [0, 0.05) is 36.1 Å². The molecule has 1 aromatic carbocycles. The van der Waals surface area contributed by atoms with Crippen molar-refractivity contribution in [3.63, 3.8) is 0 Å². The van der Waals surface area contributed by atoms with E-state index in [-0.39, 0.29) is 24.8 Å². The first-order chi connectivity index (χ1) is 17.9. The first-order valence-corrected chi connectivity index (χ1v) is 11.3. The van der Waals surface area contributed by atoms with Crippen LogP contribution in [0, 0.1) is 11.3 Å². The van der Waals surface area contributed by atoms with Gasteiger partial charge >= 0.3 is 6.03 Å². The van der Waals surface area contributed by atoms with Crippen molar-refractivity contribution in [1.29, 1.82) is 5.26 Å². The molecule has 1 unspecified atom stereocenters. The Balaban J connectivity index is 1.38. The van der Waals surface area contributed by atoms with Crippen molar-refractivity contribution in [2.75, 3.05) is 13.7 Å². The van der Waals surface area contributed by atoms with Crippen LogP contribution in [0.25, 0.3) is 22.4 Å². The normalized spacial score (nSPS) is 18.5. The molecule has 0 radical (unpaired) electrons. The fraction of sp³-hybridized carbons (Fsp3) is 0.154. The Hall–Kier alpha value is -5.24. The summed E-state index contributed by atoms with van der Waals surface area (Å²) in [6, 6.07) is 13.2. The van der Waals surface area contributed by atoms with E-state index in [1.165, 1.54) is 18.2 Å². The molecule has 0 spiro atoms. The molecule has 1 saturated heterocycles. The van der Waals surface area contributed by atoms with Gasteiger partial charge in [-0.3, -0.25) is 19.9 Å². The molecule has 182 valence electrons. The number of rotatable bonds is 5. The topological polar surface area (TPSA) is 150 Å². The van der Waals surface area contributed by atoms with Gasteiger partial charge < -0.3 is 19.4 Å². The van der Waals surface area contributed by atoms with Crippen LogP contribution in [-0.4, -0.2) is 46.4 Å². The van der Waals surface area contributed by atoms with Gasteiger partial charge in [0.15, 0.2) is 11.1 Å². The van der Waals surface area contributed by atoms with Crippen LogP contribution in [0.2, 0.25) is 0 Å². The number of ether oxygens (including phenoxy) is 1. The Labute approximate surface area is 209 Å². The van der Waals surface area contributed by atoms with Crippen molar-refractivity contribution in [2.24, 2.45) is 0 Å². The lowest BCUT2D eigenvalue weighted by Gasteiger charge is -2.28. The zero-order valence-corrected chi connectivity index (χ0v) is 19.4. The van der Waals surface area contributed by atoms with E-state index in [1.54, 1.807) is 48.7 Å². The van der Waals surface area contributed by atoms with Crippen LogP contribution in [0.5, 0.6) is 5.75 Å². The number of fused-ring (bicyclic) bond motifs is 2. The minimum atomic E-state index is -1.65. The Bertz CT molecular complexity index is 1670. The molecule has 1 fully saturated rings. The summed E-state index contributed by atoms with van der Waals surface area (Å²) in [7, 11) is 1.52. The van der Waals surface area contributed by atoms with Gasteiger partial charge in [0.05, 0.1) is 24.9 Å². The van der Waals surface area contributed by atoms with Crippen LogP contribution in [0.15, 0.2) is 59.3 Å². The van der Waals surface area contributed by atoms with E-state index in [2.05, 4.69) is 20.6 Å². The third-order valence-electron chi connectivity index (χ3n) is 6.52. The van der Waals surface area contributed by atoms with Crippen molar-refractivity contribution in [3.05, 3.63) is 77.3 Å². The standard InChI is InChI=1S/C26H18N6O5/c1-36-17-3-2-15-12-32(23(33)18(15)7-17)13-26(24(34)30-25(35)31-26)22-8-20-21(37-22)5-4-19(29-20)16-6-14(9-27)10-28-11-16/h2-8,10-11H,12-13H2,1H3,(H2,30,31,34,35). The summed E-state index contributed by atoms with van der Waals surface area (Å²) in [5.74, 6) is -0.237. The maximum absolute atomic E-state index is 13.2. The summed E-state index contributed by atoms with van der Waals surface area (Å²) in [5, 5.41) is 14.1. The average Bonchev–Trinajstić information content (AvgIpc) is 3.57. The van der Waals surface area contributed by atoms with E-state index in [9.17, 15) is 14.4 Å². The fourth-order valence-electron chi connectivity index (χ4n) is 4.67. The number of methoxy groups -OCH3 is 1. The number of nitrogens with one attached hydrogen (secondary N) is 2. The Morgan fingerprint density at radius 2 is 2.03 bits per heavy atom. The molecule has 3 aromatic heterocycles. The van der Waals surface area contributed by atoms with Crippen molar-refractivity contribution in [2.45, 2.75) is 12.1 Å². The highest BCUT2D eigenvalue weighted by atomic mass is 16.5. The Kier molecular flexibility index (Phi) is 4.91. The summed E-state index contributed by atoms with van der Waals surface area (Å²) in [4.78, 5) is 48.8. The second kappa shape index (κ2) is 8.17. The van der Waals surface area contributed by atoms with Crippen LogP contribution in [-0.2, 0) is 16.9 Å². The van der Waals surface area contributed by atoms with Crippen LogP contribution in [0.4, 0.5) is 4.79 Å². The Morgan fingerprint density at radius 3 is 2.78 bits per heavy atom. The monoisotopic (exact) mass is 494 g/mol. The second-order valence-electron chi connectivity index (χ2n) is 8.76. The van der Waals surface area contributed by atoms with Gasteiger partial charge in [0.25, 0.3) is 11.8 Å². The quantitative estimate of drug-likeness (QED) is 0.402. The molecular formula is C26H18N6O5. The molecule has 4 amide bonds. The highest BCUT2D eigenvalue weighted by Crippen LogP contribution is 2.35. The van der Waals surface area contributed by atoms with Crippen molar-refractivity contribution in [3.8, 4) is 23.1 Å². The number of benzene rings is 1. The minimum absolute atomic E-state index is 0.140. The molecule has 2 aliphatic heterocycles. The molecule has 37 heavy (non-hydrogen) atoms. The number of urea groups is 1. The van der Waals surface area contributed by atoms with E-state index in [1.807, 2.05) is 6.07 Å². The van der Waals surface area contributed by atoms with Crippen molar-refractivity contribution in [1.82, 2.24) is 25.5 Å². The molecule has 11 nitrogen and oxygen atoms in total. The number of carbonyl (C=O) groups excluding carboxylic acids is 3. The summed E-state index contributed by atoms with van der Waals surface area (Å²) >= 11 is 0. The maximum Gasteiger partial charge on any atom is 0.322 e. The molecule has 6 rings (SSSR count). The third kappa shape index (κ3) is 3.54. The number of nitriles is 1. The number of furan rings is 1. The van der Waals surface area contributed by atoms with Crippen molar-refractivity contribution >= 4 is 28.9 Å². The van der Waals surface area contributed by atoms with Gasteiger partial charge in [0.1, 0.15) is 23.1 Å². The van der Waals surface area contributed by atoms with E-state index in [4.69, 9.17) is 14.4 Å². The number of hydrogen-bond donors (Lipinski definition) is 2. The van der Waals surface area contributed by atoms with Crippen LogP contribution < -0.4 is 15.4 Å². The number of hydrogen-bond acceptors (Lipinski definition) is 8. The molecule has 11 heteroatoms. The fourth-order valence-corrected chi connectivity index (χ4v) is 4.67. The summed E-state index contributed by atoms with van der Waals surface area (Å²) in [6.45, 7) is 0.106. The molecule has 0 saturated carbocycles. The summed E-state index contributed by atoms with van der Waals surface area (Å²) in [6.07, 6.45) is 3.05. The highest BCUT2D eigenvalue weighted by molar-refractivity contribution is 6.08. The van der Waals surface area contributed by atoms with E-state index >= 15 is 0 Å². The van der Waals surface area contributed by atoms with Gasteiger partial charge in [-0.25, -0.2) is 9.78 Å². The van der Waals surface area contributed by atoms with Gasteiger partial charge in [-0.15, -0.1) is 0 Å². The van der Waals surface area contributed by atoms with Crippen LogP contribution >= 0.6 is 0 Å². The van der Waals surface area contributed by atoms with Gasteiger partial charge in [-0.2, -0.15) is 5.26 Å². The average molecular weight is 494 g/mol. The molecule has 0 aliphatic carbocycles. The number of pyridine rings is 2. The first kappa shape index (κ1) is 22.2. The molecular weight excluding hydrogens is 476 g/mol. The summed E-state index contributed by atoms with van der Waals surface area (Å²) in [5.41, 5.74) is 2.02. The predicted molar refractivity (Wildman–Crippen MR) is 128 cm³/mol. The molecule has 2 N–H and O–H groups in total. The molecule has 2 aliphatic rings. The van der Waals surface area contributed by atoms with E-state index < -0.39 is 17.5 Å². The smallest absolute Gasteiger partial charge is 0.322 e. The van der Waals surface area contributed by atoms with Crippen molar-refractivity contribution < 1.29 is 23.5 Å². The van der Waals surface area contributed by atoms with Crippen LogP contribution in [0.3, 0.4) is 0 Å². The second-order valence-corrected chi connectivity index (χ2v) is 8.76. The number of amides is 4. The number of nitrogens with zero attached hydrogens (tertiary/aromatic N) is 4. The molecule has 1 atom stereocenters. The lowest BCUT2D eigenvalue weighted by atomic mass is 9.95. The largest absolute Gasteiger partial charge is 0.497 e. The highest BCUT2D eigenvalue weighted by Gasteiger charge is 2.53. The lowest BCUT2D eigenvalue weighted by molar-refractivity contribution is -0.125. The Morgan fingerprint density at radius 1 is 1.16 bits per heavy atom. The van der Waals surface area contributed by atoms with E-state index in [0.717, 1.165) is 5.56 Å². The van der Waals surface area contributed by atoms with Gasteiger partial charge in [-0.05, 0) is 35.9 Å².